The molecule has 3 aromatic rings. The number of hydrogen-bond acceptors (Lipinski definition) is 3. The maximum Gasteiger partial charge on any atom is 0.251 e. The molecule has 1 aliphatic heterocycles. The third-order valence-corrected chi connectivity index (χ3v) is 6.63. The molecule has 1 fully saturated rings. The fourth-order valence-electron chi connectivity index (χ4n) is 4.71. The Bertz CT molecular complexity index is 1170. The van der Waals surface area contributed by atoms with E-state index in [9.17, 15) is 9.59 Å². The predicted octanol–water partition coefficient (Wildman–Crippen LogP) is 4.44. The van der Waals surface area contributed by atoms with E-state index < -0.39 is 0 Å². The highest BCUT2D eigenvalue weighted by Crippen LogP contribution is 2.29. The standard InChI is InChI=1S/C26H31ClN4O2/c1-26(2,16-30(3)4)19-6-8-20(9-7-19)31-15-17(11-24(31)32)13-29-25(33)18-5-10-21-22(27)14-28-23(21)12-18/h5-10,12,14,17,28H,11,13,15-16H2,1-4H3,(H,29,33). The van der Waals surface area contributed by atoms with E-state index >= 15 is 0 Å². The van der Waals surface area contributed by atoms with Crippen LogP contribution in [-0.2, 0) is 10.2 Å². The van der Waals surface area contributed by atoms with Gasteiger partial charge in [-0.05, 0) is 43.9 Å². The Morgan fingerprint density at radius 1 is 1.21 bits per heavy atom. The fourth-order valence-corrected chi connectivity index (χ4v) is 4.93. The molecule has 4 rings (SSSR count). The third kappa shape index (κ3) is 5.07. The molecule has 2 amide bonds. The van der Waals surface area contributed by atoms with E-state index in [-0.39, 0.29) is 23.1 Å². The van der Waals surface area contributed by atoms with Crippen LogP contribution in [0.15, 0.2) is 48.7 Å². The Balaban J connectivity index is 1.36. The normalized spacial score (nSPS) is 16.7. The number of amides is 2. The molecular formula is C26H31ClN4O2. The van der Waals surface area contributed by atoms with Gasteiger partial charge in [-0.2, -0.15) is 0 Å². The number of nitrogens with one attached hydrogen (secondary N) is 2. The summed E-state index contributed by atoms with van der Waals surface area (Å²) in [4.78, 5) is 32.4. The maximum absolute atomic E-state index is 12.7. The molecule has 174 valence electrons. The molecule has 2 heterocycles. The number of halogens is 1. The molecule has 1 unspecified atom stereocenters. The van der Waals surface area contributed by atoms with Gasteiger partial charge in [0.1, 0.15) is 0 Å². The van der Waals surface area contributed by atoms with Gasteiger partial charge in [-0.25, -0.2) is 0 Å². The second-order valence-electron chi connectivity index (χ2n) is 9.85. The summed E-state index contributed by atoms with van der Waals surface area (Å²) >= 11 is 6.11. The number of carbonyl (C=O) groups is 2. The Morgan fingerprint density at radius 3 is 2.64 bits per heavy atom. The van der Waals surface area contributed by atoms with Gasteiger partial charge in [0.2, 0.25) is 5.91 Å². The number of benzene rings is 2. The average Bonchev–Trinajstić information content (AvgIpc) is 3.33. The zero-order valence-corrected chi connectivity index (χ0v) is 20.4. The highest BCUT2D eigenvalue weighted by Gasteiger charge is 2.31. The Labute approximate surface area is 199 Å². The van der Waals surface area contributed by atoms with Crippen molar-refractivity contribution in [1.29, 1.82) is 0 Å². The van der Waals surface area contributed by atoms with Gasteiger partial charge in [-0.1, -0.05) is 43.6 Å². The minimum atomic E-state index is -0.152. The Hall–Kier alpha value is -2.83. The van der Waals surface area contributed by atoms with E-state index in [1.807, 2.05) is 23.1 Å². The van der Waals surface area contributed by atoms with Crippen molar-refractivity contribution in [3.63, 3.8) is 0 Å². The van der Waals surface area contributed by atoms with Gasteiger partial charge in [0.05, 0.1) is 5.02 Å². The Kier molecular flexibility index (Phi) is 6.50. The first-order chi connectivity index (χ1) is 15.6. The number of fused-ring (bicyclic) bond motifs is 1. The van der Waals surface area contributed by atoms with Crippen LogP contribution in [-0.4, -0.2) is 55.4 Å². The van der Waals surface area contributed by atoms with Crippen LogP contribution in [0.5, 0.6) is 0 Å². The number of likely N-dealkylation sites (N-methyl/N-ethyl adjacent to an activating group) is 1. The third-order valence-electron chi connectivity index (χ3n) is 6.32. The van der Waals surface area contributed by atoms with Gasteiger partial charge in [-0.3, -0.25) is 9.59 Å². The van der Waals surface area contributed by atoms with Gasteiger partial charge < -0.3 is 20.1 Å². The van der Waals surface area contributed by atoms with Crippen LogP contribution in [0, 0.1) is 5.92 Å². The van der Waals surface area contributed by atoms with Crippen LogP contribution in [0.3, 0.4) is 0 Å². The molecule has 0 aliphatic carbocycles. The van der Waals surface area contributed by atoms with Gasteiger partial charge in [0.25, 0.3) is 5.91 Å². The summed E-state index contributed by atoms with van der Waals surface area (Å²) < 4.78 is 0. The first kappa shape index (κ1) is 23.3. The first-order valence-electron chi connectivity index (χ1n) is 11.2. The lowest BCUT2D eigenvalue weighted by molar-refractivity contribution is -0.117. The smallest absolute Gasteiger partial charge is 0.251 e. The quantitative estimate of drug-likeness (QED) is 0.540. The average molecular weight is 467 g/mol. The number of aromatic amines is 1. The van der Waals surface area contributed by atoms with Gasteiger partial charge in [0.15, 0.2) is 0 Å². The van der Waals surface area contributed by atoms with Crippen LogP contribution < -0.4 is 10.2 Å². The molecule has 0 bridgehead atoms. The van der Waals surface area contributed by atoms with Crippen LogP contribution in [0.2, 0.25) is 5.02 Å². The van der Waals surface area contributed by atoms with Gasteiger partial charge in [0, 0.05) is 65.7 Å². The van der Waals surface area contributed by atoms with Gasteiger partial charge >= 0.3 is 0 Å². The van der Waals surface area contributed by atoms with Crippen molar-refractivity contribution in [3.05, 3.63) is 64.8 Å². The molecule has 2 aromatic carbocycles. The molecule has 0 spiro atoms. The van der Waals surface area contributed by atoms with E-state index in [2.05, 4.69) is 55.3 Å². The molecule has 1 saturated heterocycles. The van der Waals surface area contributed by atoms with Crippen molar-refractivity contribution < 1.29 is 9.59 Å². The topological polar surface area (TPSA) is 68.4 Å². The lowest BCUT2D eigenvalue weighted by Gasteiger charge is -2.29. The molecule has 0 saturated carbocycles. The van der Waals surface area contributed by atoms with E-state index in [0.29, 0.717) is 30.1 Å². The predicted molar refractivity (Wildman–Crippen MR) is 134 cm³/mol. The van der Waals surface area contributed by atoms with E-state index in [1.165, 1.54) is 5.56 Å². The van der Waals surface area contributed by atoms with E-state index in [0.717, 1.165) is 23.1 Å². The lowest BCUT2D eigenvalue weighted by atomic mass is 9.84. The van der Waals surface area contributed by atoms with Crippen LogP contribution in [0.4, 0.5) is 5.69 Å². The molecule has 1 atom stereocenters. The number of rotatable bonds is 7. The summed E-state index contributed by atoms with van der Waals surface area (Å²) in [7, 11) is 4.15. The second kappa shape index (κ2) is 9.20. The molecule has 7 heteroatoms. The molecule has 2 N–H and O–H groups in total. The van der Waals surface area contributed by atoms with Crippen molar-refractivity contribution in [2.24, 2.45) is 5.92 Å². The Morgan fingerprint density at radius 2 is 1.94 bits per heavy atom. The molecule has 6 nitrogen and oxygen atoms in total. The zero-order chi connectivity index (χ0) is 23.8. The summed E-state index contributed by atoms with van der Waals surface area (Å²) in [5.74, 6) is 0.0213. The van der Waals surface area contributed by atoms with Crippen molar-refractivity contribution in [2.75, 3.05) is 38.6 Å². The lowest BCUT2D eigenvalue weighted by Crippen LogP contribution is -2.32. The number of H-pyrrole nitrogens is 1. The van der Waals surface area contributed by atoms with Crippen molar-refractivity contribution >= 4 is 40.0 Å². The van der Waals surface area contributed by atoms with Crippen molar-refractivity contribution in [1.82, 2.24) is 15.2 Å². The summed E-state index contributed by atoms with van der Waals surface area (Å²) in [6.45, 7) is 6.46. The minimum absolute atomic E-state index is 0.0261. The highest BCUT2D eigenvalue weighted by molar-refractivity contribution is 6.35. The van der Waals surface area contributed by atoms with Crippen LogP contribution >= 0.6 is 11.6 Å². The zero-order valence-electron chi connectivity index (χ0n) is 19.6. The van der Waals surface area contributed by atoms with Gasteiger partial charge in [-0.15, -0.1) is 0 Å². The SMILES string of the molecule is CN(C)CC(C)(C)c1ccc(N2CC(CNC(=O)c3ccc4c(Cl)c[nH]c4c3)CC2=O)cc1. The minimum Gasteiger partial charge on any atom is -0.360 e. The maximum atomic E-state index is 12.7. The molecule has 33 heavy (non-hydrogen) atoms. The first-order valence-corrected chi connectivity index (χ1v) is 11.6. The molecule has 1 aromatic heterocycles. The number of nitrogens with zero attached hydrogens (tertiary/aromatic N) is 2. The van der Waals surface area contributed by atoms with Crippen LogP contribution in [0.25, 0.3) is 10.9 Å². The number of carbonyl (C=O) groups excluding carboxylic acids is 2. The molecular weight excluding hydrogens is 436 g/mol. The second-order valence-corrected chi connectivity index (χ2v) is 10.3. The summed E-state index contributed by atoms with van der Waals surface area (Å²) in [6, 6.07) is 13.7. The highest BCUT2D eigenvalue weighted by atomic mass is 35.5. The number of hydrogen-bond donors (Lipinski definition) is 2. The van der Waals surface area contributed by atoms with Crippen LogP contribution in [0.1, 0.15) is 36.2 Å². The monoisotopic (exact) mass is 466 g/mol. The fraction of sp³-hybridized carbons (Fsp3) is 0.385. The van der Waals surface area contributed by atoms with E-state index in [1.54, 1.807) is 18.3 Å². The number of aromatic nitrogens is 1. The summed E-state index contributed by atoms with van der Waals surface area (Å²) in [6.07, 6.45) is 2.14. The van der Waals surface area contributed by atoms with E-state index in [4.69, 9.17) is 11.6 Å². The molecule has 0 radical (unpaired) electrons. The van der Waals surface area contributed by atoms with Crippen molar-refractivity contribution in [2.45, 2.75) is 25.7 Å². The number of anilines is 1. The summed E-state index contributed by atoms with van der Waals surface area (Å²) in [5, 5.41) is 4.51. The summed E-state index contributed by atoms with van der Waals surface area (Å²) in [5.41, 5.74) is 3.58. The largest absolute Gasteiger partial charge is 0.360 e. The van der Waals surface area contributed by atoms with Crippen molar-refractivity contribution in [3.8, 4) is 0 Å². The molecule has 1 aliphatic rings.